The van der Waals surface area contributed by atoms with E-state index in [1.54, 1.807) is 0 Å². The van der Waals surface area contributed by atoms with Gasteiger partial charge >= 0.3 is 6.18 Å². The lowest BCUT2D eigenvalue weighted by atomic mass is 9.96. The number of halogens is 3. The summed E-state index contributed by atoms with van der Waals surface area (Å²) in [5.74, 6) is -1.62. The molecule has 3 nitrogen and oxygen atoms in total. The van der Waals surface area contributed by atoms with E-state index in [1.807, 2.05) is 0 Å². The number of rotatable bonds is 7. The minimum atomic E-state index is -4.65. The van der Waals surface area contributed by atoms with Gasteiger partial charge in [-0.15, -0.1) is 0 Å². The monoisotopic (exact) mass is 349 g/mol. The molecule has 0 aromatic carbocycles. The second-order valence-electron chi connectivity index (χ2n) is 5.83. The molecule has 1 heterocycles. The molecule has 0 N–H and O–H groups in total. The van der Waals surface area contributed by atoms with E-state index in [2.05, 4.69) is 26.3 Å². The number of imide groups is 1. The van der Waals surface area contributed by atoms with Crippen LogP contribution in [0.3, 0.4) is 0 Å². The Balaban J connectivity index is 2.44. The highest BCUT2D eigenvalue weighted by molar-refractivity contribution is 6.22. The van der Waals surface area contributed by atoms with E-state index in [-0.39, 0.29) is 28.2 Å². The summed E-state index contributed by atoms with van der Waals surface area (Å²) >= 11 is 0. The zero-order valence-electron chi connectivity index (χ0n) is 13.7. The smallest absolute Gasteiger partial charge is 0.270 e. The third kappa shape index (κ3) is 3.43. The van der Waals surface area contributed by atoms with Crippen LogP contribution in [0.15, 0.2) is 72.4 Å². The van der Waals surface area contributed by atoms with Crippen molar-refractivity contribution in [1.82, 2.24) is 4.90 Å². The summed E-state index contributed by atoms with van der Waals surface area (Å²) in [7, 11) is 0. The van der Waals surface area contributed by atoms with Crippen molar-refractivity contribution in [1.29, 1.82) is 0 Å². The fourth-order valence-corrected chi connectivity index (χ4v) is 2.77. The van der Waals surface area contributed by atoms with Gasteiger partial charge in [-0.2, -0.15) is 13.2 Å². The van der Waals surface area contributed by atoms with Gasteiger partial charge in [-0.25, -0.2) is 0 Å². The highest BCUT2D eigenvalue weighted by Crippen LogP contribution is 2.45. The molecule has 6 heteroatoms. The van der Waals surface area contributed by atoms with Crippen molar-refractivity contribution < 1.29 is 22.8 Å². The number of alkyl halides is 3. The van der Waals surface area contributed by atoms with Gasteiger partial charge in [0.05, 0.1) is 23.3 Å². The summed E-state index contributed by atoms with van der Waals surface area (Å²) in [6.07, 6.45) is 0.0620. The Labute approximate surface area is 144 Å². The lowest BCUT2D eigenvalue weighted by molar-refractivity contribution is -0.137. The van der Waals surface area contributed by atoms with Crippen molar-refractivity contribution in [3.63, 3.8) is 0 Å². The molecule has 0 bridgehead atoms. The van der Waals surface area contributed by atoms with Crippen molar-refractivity contribution in [3.8, 4) is 0 Å². The van der Waals surface area contributed by atoms with Crippen molar-refractivity contribution in [2.75, 3.05) is 6.54 Å². The highest BCUT2D eigenvalue weighted by Gasteiger charge is 2.43. The number of carbonyl (C=O) groups is 2. The molecule has 0 aromatic heterocycles. The molecule has 0 aromatic rings. The number of nitrogens with zero attached hydrogens (tertiary/aromatic N) is 1. The Morgan fingerprint density at radius 1 is 1.08 bits per heavy atom. The largest absolute Gasteiger partial charge is 0.416 e. The molecule has 2 aliphatic rings. The number of allylic oxidation sites excluding steroid dienone is 2. The van der Waals surface area contributed by atoms with Gasteiger partial charge < -0.3 is 0 Å². The molecule has 0 atom stereocenters. The number of hydrogen-bond acceptors (Lipinski definition) is 2. The van der Waals surface area contributed by atoms with Crippen LogP contribution in [0.4, 0.5) is 13.2 Å². The van der Waals surface area contributed by atoms with Crippen molar-refractivity contribution >= 4 is 11.8 Å². The van der Waals surface area contributed by atoms with Crippen LogP contribution in [0, 0.1) is 5.92 Å². The van der Waals surface area contributed by atoms with Crippen LogP contribution in [0.2, 0.25) is 0 Å². The molecular weight excluding hydrogens is 331 g/mol. The Morgan fingerprint density at radius 3 is 1.88 bits per heavy atom. The number of amides is 2. The van der Waals surface area contributed by atoms with Gasteiger partial charge in [-0.1, -0.05) is 44.5 Å². The summed E-state index contributed by atoms with van der Waals surface area (Å²) in [6, 6.07) is 0. The van der Waals surface area contributed by atoms with Crippen molar-refractivity contribution in [2.45, 2.75) is 19.0 Å². The molecule has 0 saturated heterocycles. The molecule has 1 aliphatic carbocycles. The molecule has 1 saturated carbocycles. The van der Waals surface area contributed by atoms with Crippen LogP contribution in [0.5, 0.6) is 0 Å². The molecule has 0 spiro atoms. The van der Waals surface area contributed by atoms with Gasteiger partial charge in [0.2, 0.25) is 0 Å². The van der Waals surface area contributed by atoms with Crippen LogP contribution in [0.1, 0.15) is 12.8 Å². The fraction of sp³-hybridized carbons (Fsp3) is 0.263. The molecule has 132 valence electrons. The predicted molar refractivity (Wildman–Crippen MR) is 89.3 cm³/mol. The zero-order chi connectivity index (χ0) is 18.9. The van der Waals surface area contributed by atoms with Gasteiger partial charge in [0.15, 0.2) is 0 Å². The van der Waals surface area contributed by atoms with Gasteiger partial charge in [-0.3, -0.25) is 14.5 Å². The average molecular weight is 349 g/mol. The normalized spacial score (nSPS) is 19.1. The van der Waals surface area contributed by atoms with E-state index in [1.165, 1.54) is 12.2 Å². The first-order valence-electron chi connectivity index (χ1n) is 7.64. The fourth-order valence-electron chi connectivity index (χ4n) is 2.77. The molecule has 1 fully saturated rings. The van der Waals surface area contributed by atoms with Gasteiger partial charge in [0.1, 0.15) is 0 Å². The van der Waals surface area contributed by atoms with Gasteiger partial charge in [0, 0.05) is 0 Å². The van der Waals surface area contributed by atoms with Gasteiger partial charge in [0.25, 0.3) is 11.8 Å². The van der Waals surface area contributed by atoms with Crippen LogP contribution >= 0.6 is 0 Å². The SMILES string of the molecule is C=CC1=C(C=C)C(=O)N(C/C(C=C)=C(/C(=C)C2CC2)C(F)(F)F)C1=O. The summed E-state index contributed by atoms with van der Waals surface area (Å²) in [5, 5.41) is 0. The van der Waals surface area contributed by atoms with Gasteiger partial charge in [-0.05, 0) is 29.9 Å². The average Bonchev–Trinajstić information content (AvgIpc) is 3.35. The molecule has 0 radical (unpaired) electrons. The van der Waals surface area contributed by atoms with Crippen LogP contribution in [-0.2, 0) is 9.59 Å². The van der Waals surface area contributed by atoms with E-state index >= 15 is 0 Å². The molecule has 2 amide bonds. The Hall–Kier alpha value is -2.63. The molecule has 2 rings (SSSR count). The first-order chi connectivity index (χ1) is 11.7. The lowest BCUT2D eigenvalue weighted by Crippen LogP contribution is -2.34. The summed E-state index contributed by atoms with van der Waals surface area (Å²) in [4.78, 5) is 25.4. The summed E-state index contributed by atoms with van der Waals surface area (Å²) in [5.41, 5.74) is -1.13. The summed E-state index contributed by atoms with van der Waals surface area (Å²) in [6.45, 7) is 13.4. The van der Waals surface area contributed by atoms with E-state index in [4.69, 9.17) is 0 Å². The lowest BCUT2D eigenvalue weighted by Gasteiger charge is -2.22. The second kappa shape index (κ2) is 6.70. The number of carbonyl (C=O) groups excluding carboxylic acids is 2. The van der Waals surface area contributed by atoms with E-state index in [9.17, 15) is 22.8 Å². The first kappa shape index (κ1) is 18.7. The molecule has 0 unspecified atom stereocenters. The number of hydrogen-bond donors (Lipinski definition) is 0. The zero-order valence-corrected chi connectivity index (χ0v) is 13.7. The quantitative estimate of drug-likeness (QED) is 0.514. The summed E-state index contributed by atoms with van der Waals surface area (Å²) < 4.78 is 40.7. The van der Waals surface area contributed by atoms with Crippen LogP contribution in [-0.4, -0.2) is 29.4 Å². The maximum Gasteiger partial charge on any atom is 0.416 e. The Kier molecular flexibility index (Phi) is 5.02. The van der Waals surface area contributed by atoms with E-state index < -0.39 is 30.1 Å². The minimum Gasteiger partial charge on any atom is -0.270 e. The third-order valence-electron chi connectivity index (χ3n) is 4.22. The first-order valence-corrected chi connectivity index (χ1v) is 7.64. The second-order valence-corrected chi connectivity index (χ2v) is 5.83. The topological polar surface area (TPSA) is 37.4 Å². The molecule has 1 aliphatic heterocycles. The molecular formula is C19H18F3NO2. The molecule has 25 heavy (non-hydrogen) atoms. The maximum absolute atomic E-state index is 13.6. The van der Waals surface area contributed by atoms with Crippen LogP contribution in [0.25, 0.3) is 0 Å². The third-order valence-corrected chi connectivity index (χ3v) is 4.22. The predicted octanol–water partition coefficient (Wildman–Crippen LogP) is 4.03. The highest BCUT2D eigenvalue weighted by atomic mass is 19.4. The van der Waals surface area contributed by atoms with E-state index in [0.717, 1.165) is 11.0 Å². The minimum absolute atomic E-state index is 0.0256. The van der Waals surface area contributed by atoms with Crippen LogP contribution < -0.4 is 0 Å². The van der Waals surface area contributed by atoms with Crippen molar-refractivity contribution in [3.05, 3.63) is 72.4 Å². The maximum atomic E-state index is 13.6. The van der Waals surface area contributed by atoms with E-state index in [0.29, 0.717) is 12.8 Å². The Bertz CT molecular complexity index is 719. The Morgan fingerprint density at radius 2 is 1.56 bits per heavy atom. The standard InChI is InChI=1S/C19H18F3NO2/c1-5-12(16(19(20,21)22)11(4)13-8-9-13)10-23-17(24)14(6-2)15(7-3)18(23)25/h5-7,13H,1-4,8-10H2/b16-12-. The van der Waals surface area contributed by atoms with Crippen molar-refractivity contribution in [2.24, 2.45) is 5.92 Å².